The Balaban J connectivity index is 2.23. The van der Waals surface area contributed by atoms with Crippen molar-refractivity contribution in [2.75, 3.05) is 6.61 Å². The number of hydrogen-bond donors (Lipinski definition) is 1. The van der Waals surface area contributed by atoms with E-state index in [4.69, 9.17) is 4.74 Å². The van der Waals surface area contributed by atoms with Gasteiger partial charge in [0.05, 0.1) is 0 Å². The SMILES string of the molecule is CCOC(c1ccccc1)C(O)c1cccs1. The fraction of sp³-hybridized carbons (Fsp3) is 0.286. The zero-order valence-corrected chi connectivity index (χ0v) is 10.6. The molecule has 2 rings (SSSR count). The predicted octanol–water partition coefficient (Wildman–Crippen LogP) is 3.56. The molecule has 1 aromatic carbocycles. The maximum absolute atomic E-state index is 10.3. The summed E-state index contributed by atoms with van der Waals surface area (Å²) >= 11 is 1.55. The average molecular weight is 248 g/mol. The van der Waals surface area contributed by atoms with E-state index in [0.717, 1.165) is 10.4 Å². The van der Waals surface area contributed by atoms with Gasteiger partial charge in [-0.05, 0) is 23.9 Å². The zero-order valence-electron chi connectivity index (χ0n) is 9.74. The molecule has 17 heavy (non-hydrogen) atoms. The molecule has 2 unspecified atom stereocenters. The molecule has 0 spiro atoms. The van der Waals surface area contributed by atoms with Gasteiger partial charge < -0.3 is 9.84 Å². The second-order valence-corrected chi connectivity index (χ2v) is 4.73. The van der Waals surface area contributed by atoms with Crippen LogP contribution in [0.4, 0.5) is 0 Å². The first-order valence-corrected chi connectivity index (χ1v) is 6.59. The normalized spacial score (nSPS) is 14.5. The molecule has 1 N–H and O–H groups in total. The van der Waals surface area contributed by atoms with Crippen LogP contribution in [0, 0.1) is 0 Å². The Morgan fingerprint density at radius 2 is 1.94 bits per heavy atom. The van der Waals surface area contributed by atoms with Crippen LogP contribution < -0.4 is 0 Å². The van der Waals surface area contributed by atoms with E-state index in [2.05, 4.69) is 0 Å². The second-order valence-electron chi connectivity index (χ2n) is 3.75. The van der Waals surface area contributed by atoms with Crippen LogP contribution in [0.15, 0.2) is 47.8 Å². The lowest BCUT2D eigenvalue weighted by molar-refractivity contribution is -0.0345. The third-order valence-corrected chi connectivity index (χ3v) is 3.54. The van der Waals surface area contributed by atoms with Gasteiger partial charge in [-0.15, -0.1) is 11.3 Å². The number of aliphatic hydroxyl groups is 1. The van der Waals surface area contributed by atoms with Gasteiger partial charge in [0, 0.05) is 11.5 Å². The van der Waals surface area contributed by atoms with E-state index in [-0.39, 0.29) is 6.10 Å². The number of rotatable bonds is 5. The maximum atomic E-state index is 10.3. The van der Waals surface area contributed by atoms with Gasteiger partial charge in [-0.1, -0.05) is 36.4 Å². The summed E-state index contributed by atoms with van der Waals surface area (Å²) in [5.74, 6) is 0. The van der Waals surface area contributed by atoms with E-state index in [0.29, 0.717) is 6.61 Å². The fourth-order valence-corrected chi connectivity index (χ4v) is 2.54. The molecule has 2 atom stereocenters. The van der Waals surface area contributed by atoms with Gasteiger partial charge in [-0.25, -0.2) is 0 Å². The van der Waals surface area contributed by atoms with Gasteiger partial charge in [-0.2, -0.15) is 0 Å². The molecule has 3 heteroatoms. The summed E-state index contributed by atoms with van der Waals surface area (Å²) in [7, 11) is 0. The van der Waals surface area contributed by atoms with Gasteiger partial charge in [0.25, 0.3) is 0 Å². The number of benzene rings is 1. The number of ether oxygens (including phenoxy) is 1. The van der Waals surface area contributed by atoms with Crippen LogP contribution in [0.1, 0.15) is 29.6 Å². The molecule has 2 aromatic rings. The standard InChI is InChI=1S/C14H16O2S/c1-2-16-14(11-7-4-3-5-8-11)13(15)12-9-6-10-17-12/h3-10,13-15H,2H2,1H3. The van der Waals surface area contributed by atoms with Crippen molar-refractivity contribution in [1.29, 1.82) is 0 Å². The van der Waals surface area contributed by atoms with E-state index in [1.807, 2.05) is 54.8 Å². The van der Waals surface area contributed by atoms with E-state index in [9.17, 15) is 5.11 Å². The molecule has 0 bridgehead atoms. The first kappa shape index (κ1) is 12.3. The highest BCUT2D eigenvalue weighted by molar-refractivity contribution is 7.10. The molecule has 0 fully saturated rings. The molecule has 0 amide bonds. The smallest absolute Gasteiger partial charge is 0.118 e. The van der Waals surface area contributed by atoms with Crippen LogP contribution in [0.5, 0.6) is 0 Å². The van der Waals surface area contributed by atoms with Gasteiger partial charge in [0.2, 0.25) is 0 Å². The van der Waals surface area contributed by atoms with Crippen LogP contribution in [-0.4, -0.2) is 11.7 Å². The van der Waals surface area contributed by atoms with Crippen molar-refractivity contribution >= 4 is 11.3 Å². The minimum atomic E-state index is -0.600. The Bertz CT molecular complexity index is 425. The Morgan fingerprint density at radius 3 is 2.53 bits per heavy atom. The highest BCUT2D eigenvalue weighted by Gasteiger charge is 2.23. The lowest BCUT2D eigenvalue weighted by Crippen LogP contribution is -2.13. The number of thiophene rings is 1. The lowest BCUT2D eigenvalue weighted by atomic mass is 10.0. The first-order valence-electron chi connectivity index (χ1n) is 5.71. The van der Waals surface area contributed by atoms with Crippen LogP contribution in [0.2, 0.25) is 0 Å². The summed E-state index contributed by atoms with van der Waals surface area (Å²) in [6.07, 6.45) is -0.891. The van der Waals surface area contributed by atoms with Crippen molar-refractivity contribution in [1.82, 2.24) is 0 Å². The summed E-state index contributed by atoms with van der Waals surface area (Å²) in [4.78, 5) is 0.937. The molecule has 0 aliphatic rings. The summed E-state index contributed by atoms with van der Waals surface area (Å²) in [6, 6.07) is 13.7. The molecule has 0 saturated carbocycles. The van der Waals surface area contributed by atoms with Crippen molar-refractivity contribution in [3.63, 3.8) is 0 Å². The summed E-state index contributed by atoms with van der Waals surface area (Å²) in [5.41, 5.74) is 1.01. The van der Waals surface area contributed by atoms with Gasteiger partial charge in [0.15, 0.2) is 0 Å². The summed E-state index contributed by atoms with van der Waals surface area (Å²) < 4.78 is 5.67. The number of aliphatic hydroxyl groups excluding tert-OH is 1. The molecule has 0 aliphatic heterocycles. The fourth-order valence-electron chi connectivity index (χ4n) is 1.80. The third-order valence-electron chi connectivity index (χ3n) is 2.60. The Labute approximate surface area is 105 Å². The topological polar surface area (TPSA) is 29.5 Å². The quantitative estimate of drug-likeness (QED) is 0.876. The minimum Gasteiger partial charge on any atom is -0.384 e. The average Bonchev–Trinajstić information content (AvgIpc) is 2.90. The van der Waals surface area contributed by atoms with Gasteiger partial charge in [-0.3, -0.25) is 0 Å². The summed E-state index contributed by atoms with van der Waals surface area (Å²) in [6.45, 7) is 2.53. The molecule has 90 valence electrons. The van der Waals surface area contributed by atoms with E-state index in [1.54, 1.807) is 11.3 Å². The Hall–Kier alpha value is -1.16. The Morgan fingerprint density at radius 1 is 1.18 bits per heavy atom. The van der Waals surface area contributed by atoms with E-state index in [1.165, 1.54) is 0 Å². The van der Waals surface area contributed by atoms with Crippen molar-refractivity contribution in [3.8, 4) is 0 Å². The van der Waals surface area contributed by atoms with Crippen LogP contribution >= 0.6 is 11.3 Å². The van der Waals surface area contributed by atoms with Gasteiger partial charge in [0.1, 0.15) is 12.2 Å². The molecule has 0 saturated heterocycles. The molecule has 2 nitrogen and oxygen atoms in total. The highest BCUT2D eigenvalue weighted by atomic mass is 32.1. The summed E-state index contributed by atoms with van der Waals surface area (Å²) in [5, 5.41) is 12.3. The van der Waals surface area contributed by atoms with E-state index < -0.39 is 6.10 Å². The Kier molecular flexibility index (Phi) is 4.31. The monoisotopic (exact) mass is 248 g/mol. The van der Waals surface area contributed by atoms with E-state index >= 15 is 0 Å². The molecule has 0 radical (unpaired) electrons. The van der Waals surface area contributed by atoms with Crippen molar-refractivity contribution in [2.45, 2.75) is 19.1 Å². The van der Waals surface area contributed by atoms with Crippen LogP contribution in [0.3, 0.4) is 0 Å². The first-order chi connectivity index (χ1) is 8.33. The third kappa shape index (κ3) is 2.94. The predicted molar refractivity (Wildman–Crippen MR) is 70.1 cm³/mol. The molecular formula is C14H16O2S. The second kappa shape index (κ2) is 5.96. The number of hydrogen-bond acceptors (Lipinski definition) is 3. The molecule has 1 heterocycles. The van der Waals surface area contributed by atoms with Crippen LogP contribution in [-0.2, 0) is 4.74 Å². The van der Waals surface area contributed by atoms with Crippen molar-refractivity contribution in [3.05, 3.63) is 58.3 Å². The van der Waals surface area contributed by atoms with Crippen molar-refractivity contribution in [2.24, 2.45) is 0 Å². The van der Waals surface area contributed by atoms with Gasteiger partial charge >= 0.3 is 0 Å². The zero-order chi connectivity index (χ0) is 12.1. The molecule has 0 aliphatic carbocycles. The molecular weight excluding hydrogens is 232 g/mol. The van der Waals surface area contributed by atoms with Crippen molar-refractivity contribution < 1.29 is 9.84 Å². The molecule has 1 aromatic heterocycles. The van der Waals surface area contributed by atoms with Crippen LogP contribution in [0.25, 0.3) is 0 Å². The largest absolute Gasteiger partial charge is 0.384 e. The minimum absolute atomic E-state index is 0.292. The highest BCUT2D eigenvalue weighted by Crippen LogP contribution is 2.33. The lowest BCUT2D eigenvalue weighted by Gasteiger charge is -2.22. The maximum Gasteiger partial charge on any atom is 0.118 e.